The molecule has 0 saturated heterocycles. The Balaban J connectivity index is 0.00000250. The van der Waals surface area contributed by atoms with Gasteiger partial charge in [-0.1, -0.05) is 172 Å². The molecule has 12 rings (SSSR count). The number of nitrogens with one attached hydrogen (secondary N) is 1. The molecule has 2 atom stereocenters. The van der Waals surface area contributed by atoms with E-state index in [0.29, 0.717) is 0 Å². The predicted octanol–water partition coefficient (Wildman–Crippen LogP) is 15.7. The van der Waals surface area contributed by atoms with Crippen LogP contribution in [0.2, 0.25) is 0 Å². The largest absolute Gasteiger partial charge is 0.312 e. The number of hydrogen-bond donors (Lipinski definition) is 2. The number of aryl methyl sites for hydroxylation is 1. The highest BCUT2D eigenvalue weighted by Gasteiger charge is 2.53. The Kier molecular flexibility index (Phi) is 11.1. The maximum atomic E-state index is 7.20. The molecule has 4 nitrogen and oxygen atoms in total. The molecule has 0 saturated carbocycles. The van der Waals surface area contributed by atoms with Gasteiger partial charge in [-0.3, -0.25) is 5.32 Å². The first kappa shape index (κ1) is 43.9. The van der Waals surface area contributed by atoms with Gasteiger partial charge in [-0.2, -0.15) is 0 Å². The minimum Gasteiger partial charge on any atom is -0.312 e. The number of rotatable bonds is 8. The average molecular weight is 889 g/mol. The van der Waals surface area contributed by atoms with Crippen molar-refractivity contribution in [3.05, 3.63) is 218 Å². The van der Waals surface area contributed by atoms with Crippen LogP contribution in [-0.2, 0) is 18.6 Å². The molecule has 340 valence electrons. The highest BCUT2D eigenvalue weighted by molar-refractivity contribution is 6.17. The molecular weight excluding hydrogens is 825 g/mol. The van der Waals surface area contributed by atoms with E-state index in [1.165, 1.54) is 94.5 Å². The first-order chi connectivity index (χ1) is 33.2. The topological polar surface area (TPSA) is 55.3 Å². The Bertz CT molecular complexity index is 3310. The van der Waals surface area contributed by atoms with Crippen LogP contribution in [0.1, 0.15) is 124 Å². The lowest BCUT2D eigenvalue weighted by Crippen LogP contribution is -2.46. The molecule has 2 unspecified atom stereocenters. The SMILES string of the molecule is C/C=C1\C(=C/C)C2=C(CCC(c3cccc(-c4cc(-c5cccc6c7c(n(C8(NC(N)c9ccccc9)N=C8c8ccc9c(c8)CC8=C9C=CCC8)c56)CCC=C7)ccc4C)c3)=C2)C1(C)C.CC. The normalized spacial score (nSPS) is 21.3. The van der Waals surface area contributed by atoms with Crippen molar-refractivity contribution in [1.82, 2.24) is 9.88 Å². The Hall–Kier alpha value is -6.59. The van der Waals surface area contributed by atoms with Crippen LogP contribution in [0.25, 0.3) is 50.4 Å². The Morgan fingerprint density at radius 1 is 0.706 bits per heavy atom. The van der Waals surface area contributed by atoms with Crippen LogP contribution in [0.4, 0.5) is 0 Å². The summed E-state index contributed by atoms with van der Waals surface area (Å²) < 4.78 is 2.54. The second-order valence-electron chi connectivity index (χ2n) is 19.7. The number of para-hydroxylation sites is 1. The summed E-state index contributed by atoms with van der Waals surface area (Å²) in [7, 11) is 0. The van der Waals surface area contributed by atoms with Crippen LogP contribution in [0.3, 0.4) is 0 Å². The third-order valence-electron chi connectivity index (χ3n) is 15.7. The van der Waals surface area contributed by atoms with E-state index in [9.17, 15) is 0 Å². The van der Waals surface area contributed by atoms with Crippen molar-refractivity contribution in [3.63, 3.8) is 0 Å². The first-order valence-corrected chi connectivity index (χ1v) is 25.2. The molecule has 0 amide bonds. The van der Waals surface area contributed by atoms with E-state index in [1.54, 1.807) is 11.1 Å². The van der Waals surface area contributed by atoms with Crippen LogP contribution < -0.4 is 11.1 Å². The van der Waals surface area contributed by atoms with Crippen LogP contribution in [0.5, 0.6) is 0 Å². The molecule has 6 aromatic rings. The van der Waals surface area contributed by atoms with Gasteiger partial charge >= 0.3 is 0 Å². The molecular formula is C64H64N4. The summed E-state index contributed by atoms with van der Waals surface area (Å²) in [6, 6.07) is 40.6. The van der Waals surface area contributed by atoms with E-state index in [4.69, 9.17) is 10.7 Å². The van der Waals surface area contributed by atoms with Gasteiger partial charge in [0.2, 0.25) is 5.79 Å². The lowest BCUT2D eigenvalue weighted by atomic mass is 9.77. The van der Waals surface area contributed by atoms with Crippen LogP contribution >= 0.6 is 0 Å². The second kappa shape index (κ2) is 17.2. The minimum absolute atomic E-state index is 0.0687. The molecule has 68 heavy (non-hydrogen) atoms. The van der Waals surface area contributed by atoms with Crippen molar-refractivity contribution in [2.45, 2.75) is 105 Å². The second-order valence-corrected chi connectivity index (χ2v) is 19.7. The highest BCUT2D eigenvalue weighted by atomic mass is 15.5. The van der Waals surface area contributed by atoms with Crippen molar-refractivity contribution in [2.24, 2.45) is 16.1 Å². The lowest BCUT2D eigenvalue weighted by Gasteiger charge is -2.28. The quantitative estimate of drug-likeness (QED) is 0.150. The van der Waals surface area contributed by atoms with Gasteiger partial charge in [0.25, 0.3) is 0 Å². The molecule has 0 bridgehead atoms. The lowest BCUT2D eigenvalue weighted by molar-refractivity contribution is 0.346. The molecule has 3 N–H and O–H groups in total. The van der Waals surface area contributed by atoms with E-state index < -0.39 is 12.0 Å². The molecule has 0 fully saturated rings. The fourth-order valence-corrected chi connectivity index (χ4v) is 12.4. The number of benzene rings is 5. The smallest absolute Gasteiger partial charge is 0.237 e. The van der Waals surface area contributed by atoms with E-state index in [-0.39, 0.29) is 5.41 Å². The van der Waals surface area contributed by atoms with Gasteiger partial charge in [-0.25, -0.2) is 4.99 Å². The van der Waals surface area contributed by atoms with E-state index in [1.807, 2.05) is 13.8 Å². The van der Waals surface area contributed by atoms with Gasteiger partial charge in [-0.05, 0) is 156 Å². The van der Waals surface area contributed by atoms with E-state index >= 15 is 0 Å². The first-order valence-electron chi connectivity index (χ1n) is 25.2. The third-order valence-corrected chi connectivity index (χ3v) is 15.7. The predicted molar refractivity (Wildman–Crippen MR) is 288 cm³/mol. The summed E-state index contributed by atoms with van der Waals surface area (Å²) >= 11 is 0. The molecule has 0 radical (unpaired) electrons. The van der Waals surface area contributed by atoms with Gasteiger partial charge in [0.1, 0.15) is 5.71 Å². The summed E-state index contributed by atoms with van der Waals surface area (Å²) in [6.07, 6.45) is 23.3. The monoisotopic (exact) mass is 889 g/mol. The van der Waals surface area contributed by atoms with Gasteiger partial charge in [0.15, 0.2) is 0 Å². The summed E-state index contributed by atoms with van der Waals surface area (Å²) in [5.74, 6) is -0.873. The number of nitrogens with two attached hydrogens (primary N) is 1. The van der Waals surface area contributed by atoms with Gasteiger partial charge in [0.05, 0.1) is 11.7 Å². The molecule has 5 aromatic carbocycles. The molecule has 6 aliphatic rings. The summed E-state index contributed by atoms with van der Waals surface area (Å²) in [6.45, 7) is 15.4. The van der Waals surface area contributed by atoms with Gasteiger partial charge in [0, 0.05) is 33.2 Å². The van der Waals surface area contributed by atoms with Crippen molar-refractivity contribution in [3.8, 4) is 22.3 Å². The zero-order valence-corrected chi connectivity index (χ0v) is 40.9. The number of aromatic nitrogens is 1. The van der Waals surface area contributed by atoms with Crippen molar-refractivity contribution < 1.29 is 0 Å². The number of nitrogens with zero attached hydrogens (tertiary/aromatic N) is 2. The Labute approximate surface area is 403 Å². The minimum atomic E-state index is -0.873. The van der Waals surface area contributed by atoms with Crippen molar-refractivity contribution in [1.29, 1.82) is 0 Å². The zero-order valence-electron chi connectivity index (χ0n) is 40.9. The van der Waals surface area contributed by atoms with Crippen LogP contribution in [-0.4, -0.2) is 10.3 Å². The molecule has 5 aliphatic carbocycles. The summed E-state index contributed by atoms with van der Waals surface area (Å²) in [4.78, 5) is 5.58. The number of aliphatic imine (C=N–C) groups is 1. The average Bonchev–Trinajstić information content (AvgIpc) is 3.69. The van der Waals surface area contributed by atoms with Crippen molar-refractivity contribution >= 4 is 33.8 Å². The number of hydrogen-bond acceptors (Lipinski definition) is 3. The van der Waals surface area contributed by atoms with Crippen molar-refractivity contribution in [2.75, 3.05) is 0 Å². The summed E-state index contributed by atoms with van der Waals surface area (Å²) in [5.41, 5.74) is 34.7. The van der Waals surface area contributed by atoms with E-state index in [0.717, 1.165) is 61.8 Å². The summed E-state index contributed by atoms with van der Waals surface area (Å²) in [5, 5.41) is 5.20. The maximum Gasteiger partial charge on any atom is 0.237 e. The molecule has 4 heteroatoms. The third kappa shape index (κ3) is 6.98. The Morgan fingerprint density at radius 2 is 1.47 bits per heavy atom. The molecule has 1 aromatic heterocycles. The fourth-order valence-electron chi connectivity index (χ4n) is 12.4. The zero-order chi connectivity index (χ0) is 46.9. The highest BCUT2D eigenvalue weighted by Crippen LogP contribution is 2.55. The standard InChI is InChI=1S/C62H58N4.C2H6/c1-6-47-54-36-41(30-32-56(54)61(4,5)55(47)7-2)40-20-15-21-43(33-40)53-37-44(28-27-38(53)3)50-24-16-25-52-51-23-13-14-26-57(51)66(58(50)52)62(65-60(63)39-17-9-8-10-18-39)59(64-62)45-29-31-49-46(35-45)34-42-19-11-12-22-48(42)49;1-2/h6-10,12-13,15-18,20-25,27-29,31,33,35-37,60,65H,11,14,19,26,30,32,34,63H2,1-5H3;1-2H3/b47-6-,55-7+;. The number of allylic oxidation sites excluding steroid dienone is 13. The van der Waals surface area contributed by atoms with Gasteiger partial charge < -0.3 is 10.3 Å². The van der Waals surface area contributed by atoms with Crippen LogP contribution in [0.15, 0.2) is 179 Å². The fraction of sp³-hybridized carbons (Fsp3) is 0.266. The number of fused-ring (bicyclic) bond motifs is 5. The molecule has 0 spiro atoms. The van der Waals surface area contributed by atoms with Crippen LogP contribution in [0, 0.1) is 12.3 Å². The molecule has 2 heterocycles. The van der Waals surface area contributed by atoms with Gasteiger partial charge in [-0.15, -0.1) is 0 Å². The molecule has 1 aliphatic heterocycles. The Morgan fingerprint density at radius 3 is 2.29 bits per heavy atom. The van der Waals surface area contributed by atoms with E-state index in [2.05, 4.69) is 196 Å². The maximum absolute atomic E-state index is 7.20.